The topological polar surface area (TPSA) is 132 Å². The van der Waals surface area contributed by atoms with Gasteiger partial charge in [-0.2, -0.15) is 4.98 Å². The van der Waals surface area contributed by atoms with Crippen LogP contribution in [0.25, 0.3) is 0 Å². The first-order valence-electron chi connectivity index (χ1n) is 6.03. The molecule has 0 aliphatic heterocycles. The van der Waals surface area contributed by atoms with Crippen molar-refractivity contribution in [3.8, 4) is 5.88 Å². The van der Waals surface area contributed by atoms with Gasteiger partial charge in [0.1, 0.15) is 16.5 Å². The van der Waals surface area contributed by atoms with E-state index in [0.717, 1.165) is 6.07 Å². The van der Waals surface area contributed by atoms with E-state index in [1.807, 2.05) is 0 Å². The molecule has 2 rings (SSSR count). The molecule has 0 radical (unpaired) electrons. The summed E-state index contributed by atoms with van der Waals surface area (Å²) in [6.07, 6.45) is 1.43. The minimum Gasteiger partial charge on any atom is -0.481 e. The van der Waals surface area contributed by atoms with Gasteiger partial charge in [-0.15, -0.1) is 0 Å². The van der Waals surface area contributed by atoms with Crippen LogP contribution in [0, 0.1) is 6.92 Å². The molecule has 118 valence electrons. The van der Waals surface area contributed by atoms with E-state index < -0.39 is 21.8 Å². The highest BCUT2D eigenvalue weighted by molar-refractivity contribution is 7.89. The molecule has 0 aliphatic carbocycles. The monoisotopic (exact) mass is 327 g/mol. The molecule has 0 aromatic carbocycles. The minimum absolute atomic E-state index is 0.0172. The summed E-state index contributed by atoms with van der Waals surface area (Å²) in [5, 5.41) is 8.81. The zero-order chi connectivity index (χ0) is 16.3. The molecule has 0 saturated carbocycles. The number of nitrogens with one attached hydrogen (secondary N) is 1. The molecular weight excluding hydrogens is 314 g/mol. The lowest BCUT2D eigenvalue weighted by molar-refractivity contribution is 0.0661. The van der Waals surface area contributed by atoms with E-state index in [1.54, 1.807) is 0 Å². The largest absolute Gasteiger partial charge is 0.481 e. The molecule has 10 heteroatoms. The molecule has 0 aliphatic rings. The number of methoxy groups -OCH3 is 1. The average molecular weight is 327 g/mol. The fourth-order valence-corrected chi connectivity index (χ4v) is 2.81. The van der Waals surface area contributed by atoms with Gasteiger partial charge in [-0.3, -0.25) is 0 Å². The number of hydrogen-bond acceptors (Lipinski definition) is 7. The van der Waals surface area contributed by atoms with Crippen molar-refractivity contribution in [1.29, 1.82) is 0 Å². The number of ether oxygens (including phenoxy) is 1. The summed E-state index contributed by atoms with van der Waals surface area (Å²) in [5.41, 5.74) is 0. The molecule has 22 heavy (non-hydrogen) atoms. The number of aryl methyl sites for hydroxylation is 1. The van der Waals surface area contributed by atoms with E-state index in [9.17, 15) is 13.2 Å². The van der Waals surface area contributed by atoms with E-state index in [2.05, 4.69) is 14.7 Å². The molecule has 0 unspecified atom stereocenters. The predicted octanol–water partition coefficient (Wildman–Crippen LogP) is 0.563. The highest BCUT2D eigenvalue weighted by atomic mass is 32.2. The third kappa shape index (κ3) is 3.40. The Morgan fingerprint density at radius 2 is 2.23 bits per heavy atom. The number of rotatable bonds is 6. The van der Waals surface area contributed by atoms with Crippen molar-refractivity contribution in [3.05, 3.63) is 35.7 Å². The van der Waals surface area contributed by atoms with Gasteiger partial charge in [0.15, 0.2) is 0 Å². The van der Waals surface area contributed by atoms with Gasteiger partial charge in [0.05, 0.1) is 13.7 Å². The fraction of sp³-hybridized carbons (Fsp3) is 0.250. The van der Waals surface area contributed by atoms with Crippen LogP contribution in [0.3, 0.4) is 0 Å². The zero-order valence-electron chi connectivity index (χ0n) is 11.7. The van der Waals surface area contributed by atoms with Crippen LogP contribution in [0.1, 0.15) is 22.1 Å². The van der Waals surface area contributed by atoms with Crippen molar-refractivity contribution in [1.82, 2.24) is 14.7 Å². The predicted molar refractivity (Wildman–Crippen MR) is 73.0 cm³/mol. The highest BCUT2D eigenvalue weighted by Gasteiger charge is 2.23. The Labute approximate surface area is 126 Å². The summed E-state index contributed by atoms with van der Waals surface area (Å²) in [6.45, 7) is 1.19. The first kappa shape index (κ1) is 15.9. The SMILES string of the molecule is COc1ccnc(CNS(=O)(=O)c2cc(C(=O)O)oc2C)n1. The second kappa shape index (κ2) is 6.12. The van der Waals surface area contributed by atoms with Gasteiger partial charge in [0.2, 0.25) is 21.7 Å². The average Bonchev–Trinajstić information content (AvgIpc) is 2.89. The van der Waals surface area contributed by atoms with Crippen LogP contribution in [0.15, 0.2) is 27.6 Å². The lowest BCUT2D eigenvalue weighted by Crippen LogP contribution is -2.24. The Kier molecular flexibility index (Phi) is 4.43. The number of sulfonamides is 1. The standard InChI is InChI=1S/C12H13N3O6S/c1-7-9(5-8(21-7)12(16)17)22(18,19)14-6-10-13-4-3-11(15-10)20-2/h3-5,14H,6H2,1-2H3,(H,16,17). The minimum atomic E-state index is -3.95. The molecule has 2 N–H and O–H groups in total. The molecule has 0 saturated heterocycles. The van der Waals surface area contributed by atoms with Crippen molar-refractivity contribution in [2.24, 2.45) is 0 Å². The number of aromatic nitrogens is 2. The Hall–Kier alpha value is -2.46. The van der Waals surface area contributed by atoms with Crippen molar-refractivity contribution in [3.63, 3.8) is 0 Å². The maximum Gasteiger partial charge on any atom is 0.371 e. The van der Waals surface area contributed by atoms with Crippen LogP contribution in [-0.2, 0) is 16.6 Å². The lowest BCUT2D eigenvalue weighted by Gasteiger charge is -2.05. The van der Waals surface area contributed by atoms with Crippen LogP contribution < -0.4 is 9.46 Å². The van der Waals surface area contributed by atoms with Gasteiger partial charge < -0.3 is 14.3 Å². The Morgan fingerprint density at radius 3 is 2.82 bits per heavy atom. The van der Waals surface area contributed by atoms with Gasteiger partial charge in [-0.05, 0) is 6.92 Å². The second-order valence-electron chi connectivity index (χ2n) is 4.18. The summed E-state index contributed by atoms with van der Waals surface area (Å²) in [7, 11) is -2.52. The molecule has 2 aromatic heterocycles. The Balaban J connectivity index is 2.19. The van der Waals surface area contributed by atoms with Crippen LogP contribution in [0.2, 0.25) is 0 Å². The zero-order valence-corrected chi connectivity index (χ0v) is 12.5. The number of hydrogen-bond donors (Lipinski definition) is 2. The molecule has 2 aromatic rings. The quantitative estimate of drug-likeness (QED) is 0.786. The van der Waals surface area contributed by atoms with Crippen molar-refractivity contribution >= 4 is 16.0 Å². The van der Waals surface area contributed by atoms with Crippen LogP contribution in [0.4, 0.5) is 0 Å². The number of carbonyl (C=O) groups is 1. The third-order valence-corrected chi connectivity index (χ3v) is 4.19. The first-order chi connectivity index (χ1) is 10.3. The van der Waals surface area contributed by atoms with E-state index in [-0.39, 0.29) is 23.0 Å². The van der Waals surface area contributed by atoms with Gasteiger partial charge in [0, 0.05) is 18.3 Å². The number of carboxylic acids is 1. The lowest BCUT2D eigenvalue weighted by atomic mass is 10.4. The number of carboxylic acid groups (broad SMARTS) is 1. The Bertz CT molecular complexity index is 799. The molecule has 9 nitrogen and oxygen atoms in total. The maximum absolute atomic E-state index is 12.2. The molecule has 2 heterocycles. The van der Waals surface area contributed by atoms with Gasteiger partial charge in [-0.1, -0.05) is 0 Å². The first-order valence-corrected chi connectivity index (χ1v) is 7.51. The summed E-state index contributed by atoms with van der Waals surface area (Å²) in [4.78, 5) is 18.4. The van der Waals surface area contributed by atoms with E-state index in [0.29, 0.717) is 5.88 Å². The van der Waals surface area contributed by atoms with Gasteiger partial charge in [-0.25, -0.2) is 22.9 Å². The van der Waals surface area contributed by atoms with E-state index in [1.165, 1.54) is 26.3 Å². The van der Waals surface area contributed by atoms with Crippen molar-refractivity contribution < 1.29 is 27.5 Å². The summed E-state index contributed by atoms with van der Waals surface area (Å²) in [5.74, 6) is -1.30. The molecule has 0 atom stereocenters. The maximum atomic E-state index is 12.2. The van der Waals surface area contributed by atoms with Crippen LogP contribution in [0.5, 0.6) is 5.88 Å². The second-order valence-corrected chi connectivity index (χ2v) is 5.91. The number of furan rings is 1. The third-order valence-electron chi connectivity index (χ3n) is 2.68. The molecule has 0 amide bonds. The number of aromatic carboxylic acids is 1. The van der Waals surface area contributed by atoms with Crippen molar-refractivity contribution in [2.45, 2.75) is 18.4 Å². The number of nitrogens with zero attached hydrogens (tertiary/aromatic N) is 2. The fourth-order valence-electron chi connectivity index (χ4n) is 1.65. The van der Waals surface area contributed by atoms with Crippen molar-refractivity contribution in [2.75, 3.05) is 7.11 Å². The Morgan fingerprint density at radius 1 is 1.50 bits per heavy atom. The van der Waals surface area contributed by atoms with E-state index >= 15 is 0 Å². The normalized spacial score (nSPS) is 11.4. The summed E-state index contributed by atoms with van der Waals surface area (Å²) >= 11 is 0. The smallest absolute Gasteiger partial charge is 0.371 e. The highest BCUT2D eigenvalue weighted by Crippen LogP contribution is 2.20. The molecular formula is C12H13N3O6S. The summed E-state index contributed by atoms with van der Waals surface area (Å²) in [6, 6.07) is 2.48. The van der Waals surface area contributed by atoms with E-state index in [4.69, 9.17) is 14.3 Å². The van der Waals surface area contributed by atoms with Gasteiger partial charge >= 0.3 is 5.97 Å². The molecule has 0 bridgehead atoms. The summed E-state index contributed by atoms with van der Waals surface area (Å²) < 4.78 is 36.4. The van der Waals surface area contributed by atoms with Gasteiger partial charge in [0.25, 0.3) is 0 Å². The van der Waals surface area contributed by atoms with Crippen LogP contribution >= 0.6 is 0 Å². The molecule has 0 fully saturated rings. The molecule has 0 spiro atoms. The van der Waals surface area contributed by atoms with Crippen LogP contribution in [-0.4, -0.2) is 36.6 Å².